The third-order valence-corrected chi connectivity index (χ3v) is 6.16. The van der Waals surface area contributed by atoms with Crippen LogP contribution in [-0.4, -0.2) is 26.5 Å². The van der Waals surface area contributed by atoms with Gasteiger partial charge in [0.15, 0.2) is 11.6 Å². The summed E-state index contributed by atoms with van der Waals surface area (Å²) in [4.78, 5) is 15.1. The van der Waals surface area contributed by atoms with Gasteiger partial charge in [-0.25, -0.2) is 8.78 Å². The smallest absolute Gasteiger partial charge is 0.356 e. The number of H-pyrrole nitrogens is 1. The molecular weight excluding hydrogens is 491 g/mol. The maximum Gasteiger partial charge on any atom is 0.451 e. The predicted molar refractivity (Wildman–Crippen MR) is 117 cm³/mol. The van der Waals surface area contributed by atoms with Gasteiger partial charge in [0, 0.05) is 33.7 Å². The first-order valence-corrected chi connectivity index (χ1v) is 10.7. The molecule has 0 saturated carbocycles. The van der Waals surface area contributed by atoms with Crippen LogP contribution in [0.25, 0.3) is 10.9 Å². The molecule has 0 aliphatic carbocycles. The van der Waals surface area contributed by atoms with Gasteiger partial charge < -0.3 is 9.88 Å². The van der Waals surface area contributed by atoms with E-state index in [-0.39, 0.29) is 17.7 Å². The van der Waals surface area contributed by atoms with Crippen molar-refractivity contribution >= 4 is 28.5 Å². The van der Waals surface area contributed by atoms with Crippen LogP contribution in [0.3, 0.4) is 0 Å². The number of anilines is 1. The van der Waals surface area contributed by atoms with Gasteiger partial charge in [0.05, 0.1) is 0 Å². The molecule has 5 rings (SSSR count). The van der Waals surface area contributed by atoms with Crippen LogP contribution in [0.15, 0.2) is 30.3 Å². The fourth-order valence-electron chi connectivity index (χ4n) is 4.34. The highest BCUT2D eigenvalue weighted by atomic mass is 35.5. The van der Waals surface area contributed by atoms with E-state index in [0.29, 0.717) is 22.7 Å². The monoisotopic (exact) mass is 504 g/mol. The van der Waals surface area contributed by atoms with Crippen molar-refractivity contribution < 1.29 is 22.0 Å². The molecule has 178 valence electrons. The van der Waals surface area contributed by atoms with Crippen LogP contribution in [0.2, 0.25) is 5.02 Å². The fourth-order valence-corrected chi connectivity index (χ4v) is 4.51. The Morgan fingerprint density at radius 3 is 2.60 bits per heavy atom. The largest absolute Gasteiger partial charge is 0.451 e. The number of hydrogen-bond acceptors (Lipinski definition) is 5. The summed E-state index contributed by atoms with van der Waals surface area (Å²) in [5.74, 6) is -4.99. The lowest BCUT2D eigenvalue weighted by molar-refractivity contribution is -0.145. The SMILES string of the molecule is Cc1ccc([C@H]2c3[nH]c4ccc(Cl)cc4c3CCN2c2nc(C#N)nc(C(F)(F)F)n2)c(F)c1F. The molecule has 4 aromatic rings. The van der Waals surface area contributed by atoms with Crippen LogP contribution in [0.1, 0.15) is 40.1 Å². The summed E-state index contributed by atoms with van der Waals surface area (Å²) in [7, 11) is 0. The quantitative estimate of drug-likeness (QED) is 0.358. The summed E-state index contributed by atoms with van der Waals surface area (Å²) in [6.45, 7) is 1.45. The summed E-state index contributed by atoms with van der Waals surface area (Å²) < 4.78 is 70.2. The molecule has 12 heteroatoms. The summed E-state index contributed by atoms with van der Waals surface area (Å²) in [6, 6.07) is 8.25. The van der Waals surface area contributed by atoms with E-state index in [9.17, 15) is 22.8 Å². The van der Waals surface area contributed by atoms with Crippen molar-refractivity contribution in [1.82, 2.24) is 19.9 Å². The molecule has 2 aromatic carbocycles. The van der Waals surface area contributed by atoms with E-state index in [1.807, 2.05) is 0 Å². The van der Waals surface area contributed by atoms with Gasteiger partial charge in [-0.3, -0.25) is 0 Å². The van der Waals surface area contributed by atoms with E-state index in [2.05, 4.69) is 19.9 Å². The molecule has 0 spiro atoms. The minimum absolute atomic E-state index is 0.0538. The lowest BCUT2D eigenvalue weighted by atomic mass is 9.91. The summed E-state index contributed by atoms with van der Waals surface area (Å²) in [6.07, 6.45) is -4.63. The molecule has 0 fully saturated rings. The maximum atomic E-state index is 15.2. The van der Waals surface area contributed by atoms with Gasteiger partial charge in [-0.15, -0.1) is 0 Å². The number of alkyl halides is 3. The fraction of sp³-hybridized carbons (Fsp3) is 0.217. The van der Waals surface area contributed by atoms with Crippen molar-refractivity contribution in [3.8, 4) is 6.07 Å². The highest BCUT2D eigenvalue weighted by Crippen LogP contribution is 2.42. The number of aromatic amines is 1. The van der Waals surface area contributed by atoms with Gasteiger partial charge >= 0.3 is 6.18 Å². The Morgan fingerprint density at radius 1 is 1.11 bits per heavy atom. The van der Waals surface area contributed by atoms with Crippen LogP contribution in [0.5, 0.6) is 0 Å². The molecule has 0 unspecified atom stereocenters. The molecule has 1 atom stereocenters. The second-order valence-electron chi connectivity index (χ2n) is 8.04. The molecule has 1 N–H and O–H groups in total. The Morgan fingerprint density at radius 2 is 1.89 bits per heavy atom. The van der Waals surface area contributed by atoms with Gasteiger partial charge in [0.25, 0.3) is 0 Å². The van der Waals surface area contributed by atoms with Crippen molar-refractivity contribution in [3.63, 3.8) is 0 Å². The number of aryl methyl sites for hydroxylation is 1. The molecular formula is C23H14ClF5N6. The highest BCUT2D eigenvalue weighted by Gasteiger charge is 2.40. The number of hydrogen-bond donors (Lipinski definition) is 1. The topological polar surface area (TPSA) is 81.5 Å². The molecule has 1 aliphatic heterocycles. The lowest BCUT2D eigenvalue weighted by Crippen LogP contribution is -2.38. The summed E-state index contributed by atoms with van der Waals surface area (Å²) in [5, 5.41) is 10.4. The molecule has 0 bridgehead atoms. The number of nitriles is 1. The maximum absolute atomic E-state index is 15.2. The zero-order chi connectivity index (χ0) is 25.1. The van der Waals surface area contributed by atoms with Gasteiger partial charge in [0.1, 0.15) is 12.1 Å². The Hall–Kier alpha value is -3.78. The van der Waals surface area contributed by atoms with E-state index in [4.69, 9.17) is 11.6 Å². The third kappa shape index (κ3) is 3.83. The number of benzene rings is 2. The number of rotatable bonds is 2. The molecule has 2 aromatic heterocycles. The minimum Gasteiger partial charge on any atom is -0.356 e. The molecule has 35 heavy (non-hydrogen) atoms. The zero-order valence-electron chi connectivity index (χ0n) is 17.9. The normalized spacial score (nSPS) is 15.8. The predicted octanol–water partition coefficient (Wildman–Crippen LogP) is 5.64. The second kappa shape index (κ2) is 8.16. The van der Waals surface area contributed by atoms with E-state index in [0.717, 1.165) is 10.9 Å². The van der Waals surface area contributed by atoms with Crippen LogP contribution in [-0.2, 0) is 12.6 Å². The average Bonchev–Trinajstić information content (AvgIpc) is 3.19. The number of halogens is 6. The number of fused-ring (bicyclic) bond motifs is 3. The van der Waals surface area contributed by atoms with Crippen LogP contribution in [0, 0.1) is 29.9 Å². The van der Waals surface area contributed by atoms with Gasteiger partial charge in [-0.05, 0) is 42.7 Å². The average molecular weight is 505 g/mol. The number of nitrogens with one attached hydrogen (secondary N) is 1. The Bertz CT molecular complexity index is 1520. The highest BCUT2D eigenvalue weighted by molar-refractivity contribution is 6.31. The van der Waals surface area contributed by atoms with Crippen LogP contribution in [0.4, 0.5) is 27.9 Å². The van der Waals surface area contributed by atoms with Crippen molar-refractivity contribution in [2.24, 2.45) is 0 Å². The van der Waals surface area contributed by atoms with Crippen molar-refractivity contribution in [1.29, 1.82) is 5.26 Å². The Kier molecular flexibility index (Phi) is 5.36. The first-order valence-electron chi connectivity index (χ1n) is 10.3. The molecule has 0 saturated heterocycles. The van der Waals surface area contributed by atoms with Crippen molar-refractivity contribution in [2.75, 3.05) is 11.4 Å². The third-order valence-electron chi connectivity index (χ3n) is 5.92. The first-order chi connectivity index (χ1) is 16.6. The van der Waals surface area contributed by atoms with E-state index < -0.39 is 41.4 Å². The van der Waals surface area contributed by atoms with Crippen molar-refractivity contribution in [3.05, 3.63) is 81.0 Å². The van der Waals surface area contributed by atoms with E-state index >= 15 is 4.39 Å². The molecule has 0 amide bonds. The van der Waals surface area contributed by atoms with Crippen LogP contribution < -0.4 is 4.90 Å². The molecule has 0 radical (unpaired) electrons. The Labute approximate surface area is 200 Å². The van der Waals surface area contributed by atoms with Gasteiger partial charge in [-0.1, -0.05) is 23.7 Å². The van der Waals surface area contributed by atoms with Crippen molar-refractivity contribution in [2.45, 2.75) is 25.6 Å². The molecule has 3 heterocycles. The zero-order valence-corrected chi connectivity index (χ0v) is 18.6. The van der Waals surface area contributed by atoms with E-state index in [1.165, 1.54) is 30.0 Å². The van der Waals surface area contributed by atoms with E-state index in [1.54, 1.807) is 18.2 Å². The summed E-state index contributed by atoms with van der Waals surface area (Å²) in [5.41, 5.74) is 1.81. The molecule has 1 aliphatic rings. The van der Waals surface area contributed by atoms with Gasteiger partial charge in [0.2, 0.25) is 17.6 Å². The molecule has 6 nitrogen and oxygen atoms in total. The first kappa shape index (κ1) is 23.0. The minimum atomic E-state index is -4.95. The van der Waals surface area contributed by atoms with Crippen LogP contribution >= 0.6 is 11.6 Å². The Balaban J connectivity index is 1.77. The standard InChI is InChI=1S/C23H14ClF5N6/c1-10-2-4-13(18(26)17(10)25)20-19-12(14-8-11(24)3-5-15(14)31-19)6-7-35(20)22-33-16(9-30)32-21(34-22)23(27,28)29/h2-5,8,20,31H,6-7H2,1H3/t20-/m0/s1. The number of aromatic nitrogens is 4. The lowest BCUT2D eigenvalue weighted by Gasteiger charge is -2.36. The number of nitrogens with zero attached hydrogens (tertiary/aromatic N) is 5. The summed E-state index contributed by atoms with van der Waals surface area (Å²) >= 11 is 6.15. The van der Waals surface area contributed by atoms with Gasteiger partial charge in [-0.2, -0.15) is 33.4 Å². The second-order valence-corrected chi connectivity index (χ2v) is 8.48.